The first-order valence-electron chi connectivity index (χ1n) is 13.2. The lowest BCUT2D eigenvalue weighted by Crippen LogP contribution is -2.54. The molecule has 4 atom stereocenters. The van der Waals surface area contributed by atoms with Crippen LogP contribution in [0.5, 0.6) is 0 Å². The van der Waals surface area contributed by atoms with Crippen LogP contribution in [0.15, 0.2) is 30.6 Å². The highest BCUT2D eigenvalue weighted by molar-refractivity contribution is 7.19. The Morgan fingerprint density at radius 3 is 2.55 bits per heavy atom. The zero-order chi connectivity index (χ0) is 28.8. The van der Waals surface area contributed by atoms with E-state index in [-0.39, 0.29) is 59.2 Å². The van der Waals surface area contributed by atoms with E-state index in [2.05, 4.69) is 15.3 Å². The van der Waals surface area contributed by atoms with E-state index < -0.39 is 40.4 Å². The Hall–Kier alpha value is -3.06. The quantitative estimate of drug-likeness (QED) is 0.340. The molecule has 0 radical (unpaired) electrons. The number of hydrogen-bond acceptors (Lipinski definition) is 8. The van der Waals surface area contributed by atoms with Crippen LogP contribution in [0.25, 0.3) is 10.6 Å². The predicted molar refractivity (Wildman–Crippen MR) is 147 cm³/mol. The highest BCUT2D eigenvalue weighted by atomic mass is 32.1. The molecule has 0 spiro atoms. The van der Waals surface area contributed by atoms with Gasteiger partial charge in [0, 0.05) is 38.3 Å². The number of carbonyl (C=O) groups is 1. The molecule has 3 aromatic rings. The fourth-order valence-corrected chi connectivity index (χ4v) is 6.47. The van der Waals surface area contributed by atoms with Crippen LogP contribution in [-0.4, -0.2) is 45.8 Å². The smallest absolute Gasteiger partial charge is 0.277 e. The van der Waals surface area contributed by atoms with Gasteiger partial charge in [0.25, 0.3) is 5.91 Å². The number of pyridine rings is 1. The molecule has 214 valence electrons. The number of halogens is 3. The van der Waals surface area contributed by atoms with E-state index in [4.69, 9.17) is 16.2 Å². The number of nitrogens with one attached hydrogen (secondary N) is 1. The third-order valence-corrected chi connectivity index (χ3v) is 9.30. The number of hydrogen-bond donors (Lipinski definition) is 4. The molecule has 0 unspecified atom stereocenters. The van der Waals surface area contributed by atoms with Crippen LogP contribution in [0.4, 0.5) is 23.9 Å². The number of benzene rings is 1. The van der Waals surface area contributed by atoms with Gasteiger partial charge in [-0.15, -0.1) is 0 Å². The maximum Gasteiger partial charge on any atom is 0.277 e. The molecule has 2 fully saturated rings. The van der Waals surface area contributed by atoms with Crippen molar-refractivity contribution in [2.45, 2.75) is 62.8 Å². The highest BCUT2D eigenvalue weighted by Gasteiger charge is 2.42. The molecule has 3 heterocycles. The molecule has 2 aliphatic rings. The van der Waals surface area contributed by atoms with Crippen molar-refractivity contribution in [1.29, 1.82) is 0 Å². The van der Waals surface area contributed by atoms with Crippen molar-refractivity contribution in [2.24, 2.45) is 11.7 Å². The van der Waals surface area contributed by atoms with Crippen LogP contribution in [-0.2, 0) is 10.4 Å². The Morgan fingerprint density at radius 2 is 1.90 bits per heavy atom. The number of aliphatic hydroxyl groups is 1. The van der Waals surface area contributed by atoms with Gasteiger partial charge in [0.2, 0.25) is 0 Å². The maximum atomic E-state index is 15.3. The summed E-state index contributed by atoms with van der Waals surface area (Å²) in [6.07, 6.45) is 4.27. The second kappa shape index (κ2) is 10.7. The number of amides is 1. The zero-order valence-electron chi connectivity index (χ0n) is 22.2. The Labute approximate surface area is 234 Å². The topological polar surface area (TPSA) is 136 Å². The third-order valence-electron chi connectivity index (χ3n) is 8.39. The summed E-state index contributed by atoms with van der Waals surface area (Å²) in [5, 5.41) is 13.3. The average Bonchev–Trinajstić information content (AvgIpc) is 3.28. The summed E-state index contributed by atoms with van der Waals surface area (Å²) in [6, 6.07) is 3.27. The predicted octanol–water partition coefficient (Wildman–Crippen LogP) is 4.88. The van der Waals surface area contributed by atoms with Gasteiger partial charge in [-0.05, 0) is 60.9 Å². The van der Waals surface area contributed by atoms with E-state index >= 15 is 13.2 Å². The van der Waals surface area contributed by atoms with Crippen LogP contribution in [0, 0.1) is 17.6 Å². The molecule has 1 saturated carbocycles. The third kappa shape index (κ3) is 5.20. The van der Waals surface area contributed by atoms with Crippen molar-refractivity contribution in [2.75, 3.05) is 24.3 Å². The van der Waals surface area contributed by atoms with Crippen LogP contribution in [0.2, 0.25) is 0 Å². The fraction of sp³-hybridized carbons (Fsp3) is 0.464. The first-order valence-corrected chi connectivity index (χ1v) is 14.0. The molecule has 12 heteroatoms. The largest absolute Gasteiger partial charge is 0.389 e. The molecule has 1 saturated heterocycles. The van der Waals surface area contributed by atoms with Crippen LogP contribution >= 0.6 is 11.3 Å². The van der Waals surface area contributed by atoms with Crippen LogP contribution in [0.3, 0.4) is 0 Å². The minimum Gasteiger partial charge on any atom is -0.389 e. The molecule has 1 aromatic carbocycles. The molecule has 6 N–H and O–H groups in total. The molecule has 40 heavy (non-hydrogen) atoms. The lowest BCUT2D eigenvalue weighted by atomic mass is 9.68. The monoisotopic (exact) mass is 575 g/mol. The van der Waals surface area contributed by atoms with Gasteiger partial charge in [-0.1, -0.05) is 18.3 Å². The number of carbonyl (C=O) groups excluding carboxylic acids is 1. The van der Waals surface area contributed by atoms with Gasteiger partial charge in [0.15, 0.2) is 5.69 Å². The number of rotatable bonds is 5. The molecule has 0 bridgehead atoms. The number of nitrogens with zero attached hydrogens (tertiary/aromatic N) is 2. The van der Waals surface area contributed by atoms with Gasteiger partial charge < -0.3 is 26.6 Å². The van der Waals surface area contributed by atoms with Gasteiger partial charge >= 0.3 is 0 Å². The number of thiazole rings is 1. The molecule has 1 amide bonds. The van der Waals surface area contributed by atoms with Crippen molar-refractivity contribution in [3.63, 3.8) is 0 Å². The Balaban J connectivity index is 1.39. The minimum atomic E-state index is -1.89. The van der Waals surface area contributed by atoms with Gasteiger partial charge in [-0.3, -0.25) is 9.78 Å². The molecule has 5 rings (SSSR count). The molecule has 1 aliphatic carbocycles. The van der Waals surface area contributed by atoms with Gasteiger partial charge in [-0.25, -0.2) is 18.2 Å². The molecular weight excluding hydrogens is 543 g/mol. The summed E-state index contributed by atoms with van der Waals surface area (Å²) < 4.78 is 50.8. The van der Waals surface area contributed by atoms with E-state index in [1.165, 1.54) is 6.20 Å². The highest BCUT2D eigenvalue weighted by Crippen LogP contribution is 2.43. The first-order chi connectivity index (χ1) is 18.9. The number of nitrogens with two attached hydrogens (primary N) is 2. The summed E-state index contributed by atoms with van der Waals surface area (Å²) >= 11 is 0.760. The van der Waals surface area contributed by atoms with Crippen molar-refractivity contribution in [3.05, 3.63) is 59.0 Å². The normalized spacial score (nSPS) is 26.4. The number of ether oxygens (including phenoxy) is 1. The van der Waals surface area contributed by atoms with Gasteiger partial charge in [0.1, 0.15) is 27.3 Å². The van der Waals surface area contributed by atoms with E-state index in [0.717, 1.165) is 29.0 Å². The number of aromatic nitrogens is 2. The van der Waals surface area contributed by atoms with Crippen molar-refractivity contribution in [3.8, 4) is 10.6 Å². The van der Waals surface area contributed by atoms with E-state index in [1.807, 2.05) is 6.92 Å². The standard InChI is InChI=1S/C28H32F3N5O3S/c1-14-9-15(10-21(32)27(14,2)38)17-3-6-34-13-20(17)35-25(37)23-24(33)40-26(36-23)22-18(29)11-16(12-19(22)30)28(31)4-7-39-8-5-28/h3,6,11-15,21,38H,4-5,7-10,32-33H2,1-2H3,(H,35,37)/t14-,15+,21+,27+/m0/s1. The zero-order valence-corrected chi connectivity index (χ0v) is 23.0. The summed E-state index contributed by atoms with van der Waals surface area (Å²) in [6.45, 7) is 3.99. The summed E-state index contributed by atoms with van der Waals surface area (Å²) in [7, 11) is 0. The summed E-state index contributed by atoms with van der Waals surface area (Å²) in [4.78, 5) is 21.5. The van der Waals surface area contributed by atoms with Crippen molar-refractivity contribution >= 4 is 27.9 Å². The second-order valence-electron chi connectivity index (χ2n) is 10.9. The summed E-state index contributed by atoms with van der Waals surface area (Å²) in [5.74, 6) is -2.77. The fourth-order valence-electron chi connectivity index (χ4n) is 5.59. The van der Waals surface area contributed by atoms with E-state index in [1.54, 1.807) is 19.2 Å². The Morgan fingerprint density at radius 1 is 1.23 bits per heavy atom. The summed E-state index contributed by atoms with van der Waals surface area (Å²) in [5.41, 5.74) is 9.91. The molecule has 1 aliphatic heterocycles. The van der Waals surface area contributed by atoms with Gasteiger partial charge in [0.05, 0.1) is 23.0 Å². The van der Waals surface area contributed by atoms with Crippen molar-refractivity contribution < 1.29 is 27.8 Å². The minimum absolute atomic E-state index is 0.00109. The van der Waals surface area contributed by atoms with E-state index in [9.17, 15) is 9.90 Å². The SMILES string of the molecule is C[C@H]1C[C@@H](c2ccncc2NC(=O)c2nc(-c3c(F)cc(C4(F)CCOCC4)cc3F)sc2N)C[C@@H](N)[C@]1(C)O. The Bertz CT molecular complexity index is 1390. The van der Waals surface area contributed by atoms with Crippen molar-refractivity contribution in [1.82, 2.24) is 9.97 Å². The van der Waals surface area contributed by atoms with Gasteiger partial charge in [-0.2, -0.15) is 0 Å². The van der Waals surface area contributed by atoms with Crippen LogP contribution < -0.4 is 16.8 Å². The lowest BCUT2D eigenvalue weighted by molar-refractivity contribution is -0.0463. The van der Waals surface area contributed by atoms with Crippen LogP contribution in [0.1, 0.15) is 67.1 Å². The second-order valence-corrected chi connectivity index (χ2v) is 12.0. The molecular formula is C28H32F3N5O3S. The average molecular weight is 576 g/mol. The molecule has 2 aromatic heterocycles. The lowest BCUT2D eigenvalue weighted by Gasteiger charge is -2.44. The first kappa shape index (κ1) is 28.5. The van der Waals surface area contributed by atoms with E-state index in [0.29, 0.717) is 18.5 Å². The molecule has 8 nitrogen and oxygen atoms in total. The Kier molecular flexibility index (Phi) is 7.64. The number of nitrogen functional groups attached to an aromatic ring is 1. The number of alkyl halides is 1. The number of anilines is 2. The maximum absolute atomic E-state index is 15.3.